The first-order valence-electron chi connectivity index (χ1n) is 4.97. The Morgan fingerprint density at radius 3 is 2.54 bits per heavy atom. The Balaban J connectivity index is 2.45. The molecule has 0 amide bonds. The highest BCUT2D eigenvalue weighted by atomic mass is 32.1. The lowest BCUT2D eigenvalue weighted by atomic mass is 9.95. The van der Waals surface area contributed by atoms with Gasteiger partial charge in [-0.15, -0.1) is 0 Å². The molecule has 0 saturated carbocycles. The molecule has 0 aromatic rings. The predicted octanol–water partition coefficient (Wildman–Crippen LogP) is 1.40. The molecule has 2 atom stereocenters. The Bertz CT molecular complexity index is 172. The highest BCUT2D eigenvalue weighted by Gasteiger charge is 2.31. The van der Waals surface area contributed by atoms with Crippen LogP contribution in [0.4, 0.5) is 0 Å². The molecule has 0 bridgehead atoms. The minimum atomic E-state index is -0.120. The van der Waals surface area contributed by atoms with Crippen LogP contribution >= 0.6 is 12.6 Å². The summed E-state index contributed by atoms with van der Waals surface area (Å²) < 4.78 is 0. The van der Waals surface area contributed by atoms with Gasteiger partial charge < -0.3 is 5.11 Å². The fourth-order valence-electron chi connectivity index (χ4n) is 1.89. The second-order valence-corrected chi connectivity index (χ2v) is 5.31. The van der Waals surface area contributed by atoms with Gasteiger partial charge in [-0.25, -0.2) is 0 Å². The third-order valence-electron chi connectivity index (χ3n) is 2.74. The van der Waals surface area contributed by atoms with Crippen molar-refractivity contribution in [2.24, 2.45) is 5.41 Å². The lowest BCUT2D eigenvalue weighted by Gasteiger charge is -2.31. The van der Waals surface area contributed by atoms with Crippen LogP contribution < -0.4 is 0 Å². The van der Waals surface area contributed by atoms with Gasteiger partial charge in [-0.2, -0.15) is 12.6 Å². The molecule has 2 nitrogen and oxygen atoms in total. The molecule has 1 aliphatic heterocycles. The molecule has 1 aliphatic rings. The first-order valence-corrected chi connectivity index (χ1v) is 5.61. The summed E-state index contributed by atoms with van der Waals surface area (Å²) in [7, 11) is 0. The van der Waals surface area contributed by atoms with E-state index in [0.717, 1.165) is 25.3 Å². The van der Waals surface area contributed by atoms with E-state index in [9.17, 15) is 5.11 Å². The fraction of sp³-hybridized carbons (Fsp3) is 1.00. The zero-order chi connectivity index (χ0) is 10.1. The van der Waals surface area contributed by atoms with Crippen molar-refractivity contribution in [2.45, 2.75) is 39.3 Å². The lowest BCUT2D eigenvalue weighted by Crippen LogP contribution is -2.37. The quantitative estimate of drug-likeness (QED) is 0.677. The predicted molar refractivity (Wildman–Crippen MR) is 59.3 cm³/mol. The van der Waals surface area contributed by atoms with Gasteiger partial charge in [0.25, 0.3) is 0 Å². The summed E-state index contributed by atoms with van der Waals surface area (Å²) in [6, 6.07) is 0.522. The Morgan fingerprint density at radius 2 is 2.15 bits per heavy atom. The van der Waals surface area contributed by atoms with Crippen molar-refractivity contribution in [2.75, 3.05) is 18.8 Å². The summed E-state index contributed by atoms with van der Waals surface area (Å²) in [5.41, 5.74) is 0.251. The van der Waals surface area contributed by atoms with E-state index in [2.05, 4.69) is 38.3 Å². The smallest absolute Gasteiger partial charge is 0.0682 e. The molecule has 13 heavy (non-hydrogen) atoms. The standard InChI is InChI=1S/C10H21NOS/c1-8-4-9(12)5-11(8)6-10(2,3)7-13/h8-9,12-13H,4-7H2,1-3H3. The molecule has 0 radical (unpaired) electrons. The number of likely N-dealkylation sites (tertiary alicyclic amines) is 1. The number of thiol groups is 1. The molecule has 2 unspecified atom stereocenters. The van der Waals surface area contributed by atoms with E-state index in [1.165, 1.54) is 0 Å². The van der Waals surface area contributed by atoms with Crippen LogP contribution in [0.5, 0.6) is 0 Å². The van der Waals surface area contributed by atoms with Crippen molar-refractivity contribution in [3.05, 3.63) is 0 Å². The first-order chi connectivity index (χ1) is 5.94. The van der Waals surface area contributed by atoms with Crippen LogP contribution in [0, 0.1) is 5.41 Å². The third-order valence-corrected chi connectivity index (χ3v) is 3.60. The Hall–Kier alpha value is 0.270. The van der Waals surface area contributed by atoms with Gasteiger partial charge >= 0.3 is 0 Å². The van der Waals surface area contributed by atoms with Gasteiger partial charge in [0.1, 0.15) is 0 Å². The van der Waals surface area contributed by atoms with E-state index in [1.807, 2.05) is 0 Å². The van der Waals surface area contributed by atoms with E-state index < -0.39 is 0 Å². The molecular formula is C10H21NOS. The zero-order valence-corrected chi connectivity index (χ0v) is 9.72. The molecule has 1 saturated heterocycles. The van der Waals surface area contributed by atoms with Crippen LogP contribution in [0.15, 0.2) is 0 Å². The lowest BCUT2D eigenvalue weighted by molar-refractivity contribution is 0.153. The molecule has 0 aliphatic carbocycles. The maximum absolute atomic E-state index is 9.48. The van der Waals surface area contributed by atoms with Crippen LogP contribution in [0.2, 0.25) is 0 Å². The van der Waals surface area contributed by atoms with Gasteiger partial charge in [-0.1, -0.05) is 13.8 Å². The van der Waals surface area contributed by atoms with Gasteiger partial charge in [0.2, 0.25) is 0 Å². The monoisotopic (exact) mass is 203 g/mol. The molecule has 1 fully saturated rings. The van der Waals surface area contributed by atoms with Crippen LogP contribution in [0.3, 0.4) is 0 Å². The summed E-state index contributed by atoms with van der Waals surface area (Å²) >= 11 is 4.34. The molecule has 0 spiro atoms. The zero-order valence-electron chi connectivity index (χ0n) is 8.82. The summed E-state index contributed by atoms with van der Waals surface area (Å²) in [6.07, 6.45) is 0.800. The molecule has 0 aromatic carbocycles. The topological polar surface area (TPSA) is 23.5 Å². The maximum atomic E-state index is 9.48. The fourth-order valence-corrected chi connectivity index (χ4v) is 1.99. The summed E-state index contributed by atoms with van der Waals surface area (Å²) in [5, 5.41) is 9.48. The number of hydrogen-bond acceptors (Lipinski definition) is 3. The second-order valence-electron chi connectivity index (χ2n) is 4.99. The largest absolute Gasteiger partial charge is 0.392 e. The van der Waals surface area contributed by atoms with Crippen molar-refractivity contribution in [3.63, 3.8) is 0 Å². The molecule has 1 N–H and O–H groups in total. The Labute approximate surface area is 86.7 Å². The molecular weight excluding hydrogens is 182 g/mol. The van der Waals surface area contributed by atoms with Crippen molar-refractivity contribution in [1.82, 2.24) is 4.90 Å². The van der Waals surface area contributed by atoms with Gasteiger partial charge in [0.05, 0.1) is 6.10 Å². The van der Waals surface area contributed by atoms with Crippen LogP contribution in [-0.2, 0) is 0 Å². The maximum Gasteiger partial charge on any atom is 0.0682 e. The van der Waals surface area contributed by atoms with E-state index in [1.54, 1.807) is 0 Å². The SMILES string of the molecule is CC1CC(O)CN1CC(C)(C)CS. The Morgan fingerprint density at radius 1 is 1.54 bits per heavy atom. The number of rotatable bonds is 3. The van der Waals surface area contributed by atoms with Crippen molar-refractivity contribution in [1.29, 1.82) is 0 Å². The normalized spacial score (nSPS) is 31.2. The molecule has 0 aromatic heterocycles. The minimum absolute atomic E-state index is 0.120. The van der Waals surface area contributed by atoms with Crippen molar-refractivity contribution < 1.29 is 5.11 Å². The average Bonchev–Trinajstić information content (AvgIpc) is 2.30. The van der Waals surface area contributed by atoms with Gasteiger partial charge in [0.15, 0.2) is 0 Å². The average molecular weight is 203 g/mol. The number of β-amino-alcohol motifs (C(OH)–C–C–N with tert-alkyl or cyclic N) is 1. The van der Waals surface area contributed by atoms with E-state index in [4.69, 9.17) is 0 Å². The van der Waals surface area contributed by atoms with Gasteiger partial charge in [-0.3, -0.25) is 4.90 Å². The van der Waals surface area contributed by atoms with Crippen LogP contribution in [0.25, 0.3) is 0 Å². The summed E-state index contributed by atoms with van der Waals surface area (Å²) in [5.74, 6) is 0.895. The molecule has 3 heteroatoms. The molecule has 78 valence electrons. The first kappa shape index (κ1) is 11.3. The van der Waals surface area contributed by atoms with E-state index >= 15 is 0 Å². The van der Waals surface area contributed by atoms with E-state index in [-0.39, 0.29) is 11.5 Å². The molecule has 1 heterocycles. The number of aliphatic hydroxyl groups excluding tert-OH is 1. The third kappa shape index (κ3) is 3.15. The highest BCUT2D eigenvalue weighted by Crippen LogP contribution is 2.24. The number of aliphatic hydroxyl groups is 1. The number of nitrogens with zero attached hydrogens (tertiary/aromatic N) is 1. The molecule has 1 rings (SSSR count). The minimum Gasteiger partial charge on any atom is -0.392 e. The van der Waals surface area contributed by atoms with Crippen molar-refractivity contribution in [3.8, 4) is 0 Å². The second kappa shape index (κ2) is 4.20. The summed E-state index contributed by atoms with van der Waals surface area (Å²) in [4.78, 5) is 2.36. The highest BCUT2D eigenvalue weighted by molar-refractivity contribution is 7.80. The van der Waals surface area contributed by atoms with Crippen molar-refractivity contribution >= 4 is 12.6 Å². The van der Waals surface area contributed by atoms with E-state index in [0.29, 0.717) is 6.04 Å². The van der Waals surface area contributed by atoms with Crippen LogP contribution in [-0.4, -0.2) is 41.0 Å². The summed E-state index contributed by atoms with van der Waals surface area (Å²) in [6.45, 7) is 8.49. The van der Waals surface area contributed by atoms with Gasteiger partial charge in [-0.05, 0) is 24.5 Å². The Kier molecular flexibility index (Phi) is 3.66. The van der Waals surface area contributed by atoms with Gasteiger partial charge in [0, 0.05) is 19.1 Å². The van der Waals surface area contributed by atoms with Crippen LogP contribution in [0.1, 0.15) is 27.2 Å². The number of hydrogen-bond donors (Lipinski definition) is 2.